The highest BCUT2D eigenvalue weighted by atomic mass is 19.3. The second-order valence-electron chi connectivity index (χ2n) is 7.02. The first-order valence-electron chi connectivity index (χ1n) is 9.34. The van der Waals surface area contributed by atoms with Crippen LogP contribution in [0.3, 0.4) is 0 Å². The smallest absolute Gasteiger partial charge is 0.256 e. The van der Waals surface area contributed by atoms with Crippen LogP contribution in [0.25, 0.3) is 10.9 Å². The highest BCUT2D eigenvalue weighted by molar-refractivity contribution is 6.08. The lowest BCUT2D eigenvalue weighted by atomic mass is 10.1. The molecule has 1 aliphatic carbocycles. The lowest BCUT2D eigenvalue weighted by Crippen LogP contribution is -2.37. The molecule has 1 aliphatic rings. The molecule has 0 unspecified atom stereocenters. The van der Waals surface area contributed by atoms with Crippen molar-refractivity contribution in [2.75, 3.05) is 26.8 Å². The zero-order chi connectivity index (χ0) is 19.6. The number of nitrogens with zero attached hydrogens (tertiary/aromatic N) is 2. The van der Waals surface area contributed by atoms with Crippen LogP contribution >= 0.6 is 0 Å². The summed E-state index contributed by atoms with van der Waals surface area (Å²) in [4.78, 5) is 14.2. The molecule has 0 atom stereocenters. The summed E-state index contributed by atoms with van der Waals surface area (Å²) in [7, 11) is 1.55. The highest BCUT2D eigenvalue weighted by Crippen LogP contribution is 2.38. The number of benzene rings is 1. The van der Waals surface area contributed by atoms with Gasteiger partial charge in [-0.1, -0.05) is 12.8 Å². The quantitative estimate of drug-likeness (QED) is 0.796. The number of aromatic nitrogens is 1. The molecule has 1 saturated carbocycles. The molecule has 0 spiro atoms. The molecule has 0 bridgehead atoms. The third kappa shape index (κ3) is 3.78. The van der Waals surface area contributed by atoms with Gasteiger partial charge in [0.2, 0.25) is 0 Å². The molecule has 3 rings (SSSR count). The first kappa shape index (κ1) is 19.6. The van der Waals surface area contributed by atoms with E-state index >= 15 is 0 Å². The van der Waals surface area contributed by atoms with Gasteiger partial charge in [-0.15, -0.1) is 0 Å². The summed E-state index contributed by atoms with van der Waals surface area (Å²) in [5.74, 6) is 0.138. The number of aliphatic hydroxyl groups excluding tert-OH is 1. The number of halogens is 2. The molecular formula is C20H26F2N2O3. The summed E-state index contributed by atoms with van der Waals surface area (Å²) < 4.78 is 33.4. The standard InChI is InChI=1S/C20H26F2N2O3/c1-13-19(20(26)23(9-10-25)12-18(21)22)16-11-15(27-2)7-8-17(16)24(13)14-5-3-4-6-14/h7-8,11,14,18,25H,3-6,9-10,12H2,1-2H3. The van der Waals surface area contributed by atoms with Crippen LogP contribution in [0.4, 0.5) is 8.78 Å². The number of rotatable bonds is 7. The maximum absolute atomic E-state index is 13.2. The van der Waals surface area contributed by atoms with Crippen LogP contribution in [-0.2, 0) is 0 Å². The van der Waals surface area contributed by atoms with Gasteiger partial charge in [0.25, 0.3) is 12.3 Å². The van der Waals surface area contributed by atoms with E-state index in [0.717, 1.165) is 41.8 Å². The second kappa shape index (κ2) is 8.25. The third-order valence-corrected chi connectivity index (χ3v) is 5.37. The van der Waals surface area contributed by atoms with E-state index in [1.807, 2.05) is 19.1 Å². The normalized spacial score (nSPS) is 15.0. The van der Waals surface area contributed by atoms with E-state index in [1.54, 1.807) is 13.2 Å². The zero-order valence-electron chi connectivity index (χ0n) is 15.8. The number of methoxy groups -OCH3 is 1. The van der Waals surface area contributed by atoms with Crippen LogP contribution in [0.1, 0.15) is 47.8 Å². The van der Waals surface area contributed by atoms with Gasteiger partial charge in [-0.3, -0.25) is 4.79 Å². The van der Waals surface area contributed by atoms with Crippen LogP contribution in [0, 0.1) is 6.92 Å². The van der Waals surface area contributed by atoms with Crippen molar-refractivity contribution in [2.45, 2.75) is 45.1 Å². The first-order chi connectivity index (χ1) is 13.0. The van der Waals surface area contributed by atoms with E-state index in [1.165, 1.54) is 0 Å². The fraction of sp³-hybridized carbons (Fsp3) is 0.550. The second-order valence-corrected chi connectivity index (χ2v) is 7.02. The van der Waals surface area contributed by atoms with Crippen LogP contribution in [0.2, 0.25) is 0 Å². The van der Waals surface area contributed by atoms with Gasteiger partial charge in [0, 0.05) is 29.2 Å². The molecule has 0 radical (unpaired) electrons. The Kier molecular flexibility index (Phi) is 5.99. The zero-order valence-corrected chi connectivity index (χ0v) is 15.8. The fourth-order valence-electron chi connectivity index (χ4n) is 4.17. The summed E-state index contributed by atoms with van der Waals surface area (Å²) in [5, 5.41) is 9.93. The van der Waals surface area contributed by atoms with Gasteiger partial charge < -0.3 is 19.3 Å². The molecule has 2 aromatic rings. The molecule has 148 valence electrons. The van der Waals surface area contributed by atoms with Crippen molar-refractivity contribution < 1.29 is 23.4 Å². The van der Waals surface area contributed by atoms with E-state index in [0.29, 0.717) is 22.7 Å². The number of aliphatic hydroxyl groups is 1. The number of hydrogen-bond acceptors (Lipinski definition) is 3. The maximum atomic E-state index is 13.2. The molecule has 27 heavy (non-hydrogen) atoms. The lowest BCUT2D eigenvalue weighted by molar-refractivity contribution is 0.0510. The van der Waals surface area contributed by atoms with E-state index < -0.39 is 18.9 Å². The molecule has 1 fully saturated rings. The Balaban J connectivity index is 2.14. The lowest BCUT2D eigenvalue weighted by Gasteiger charge is -2.22. The molecule has 1 N–H and O–H groups in total. The average molecular weight is 380 g/mol. The topological polar surface area (TPSA) is 54.7 Å². The number of ether oxygens (including phenoxy) is 1. The van der Waals surface area contributed by atoms with Crippen molar-refractivity contribution in [3.63, 3.8) is 0 Å². The maximum Gasteiger partial charge on any atom is 0.256 e. The van der Waals surface area contributed by atoms with E-state index in [4.69, 9.17) is 4.74 Å². The largest absolute Gasteiger partial charge is 0.497 e. The number of alkyl halides is 2. The molecule has 5 nitrogen and oxygen atoms in total. The van der Waals surface area contributed by atoms with Crippen LogP contribution in [-0.4, -0.2) is 53.7 Å². The Bertz CT molecular complexity index is 813. The van der Waals surface area contributed by atoms with Gasteiger partial charge in [0.15, 0.2) is 0 Å². The Labute approximate surface area is 157 Å². The summed E-state index contributed by atoms with van der Waals surface area (Å²) in [6.07, 6.45) is 1.72. The Morgan fingerprint density at radius 1 is 1.37 bits per heavy atom. The van der Waals surface area contributed by atoms with Crippen LogP contribution < -0.4 is 4.74 Å². The molecule has 1 amide bonds. The number of hydrogen-bond donors (Lipinski definition) is 1. The van der Waals surface area contributed by atoms with Crippen molar-refractivity contribution in [1.82, 2.24) is 9.47 Å². The summed E-state index contributed by atoms with van der Waals surface area (Å²) in [6.45, 7) is 0.696. The first-order valence-corrected chi connectivity index (χ1v) is 9.34. The van der Waals surface area contributed by atoms with Crippen molar-refractivity contribution in [3.8, 4) is 5.75 Å². The molecule has 7 heteroatoms. The molecule has 1 aromatic carbocycles. The van der Waals surface area contributed by atoms with Gasteiger partial charge in [-0.05, 0) is 38.0 Å². The van der Waals surface area contributed by atoms with Crippen molar-refractivity contribution in [3.05, 3.63) is 29.5 Å². The van der Waals surface area contributed by atoms with Crippen molar-refractivity contribution >= 4 is 16.8 Å². The number of carbonyl (C=O) groups is 1. The molecule has 0 saturated heterocycles. The van der Waals surface area contributed by atoms with Gasteiger partial charge in [0.1, 0.15) is 5.75 Å². The van der Waals surface area contributed by atoms with Gasteiger partial charge in [0.05, 0.1) is 25.8 Å². The van der Waals surface area contributed by atoms with Gasteiger partial charge in [-0.2, -0.15) is 0 Å². The molecule has 1 aromatic heterocycles. The Morgan fingerprint density at radius 3 is 2.67 bits per heavy atom. The highest BCUT2D eigenvalue weighted by Gasteiger charge is 2.29. The summed E-state index contributed by atoms with van der Waals surface area (Å²) in [5.41, 5.74) is 2.13. The number of fused-ring (bicyclic) bond motifs is 1. The fourth-order valence-corrected chi connectivity index (χ4v) is 4.17. The predicted molar refractivity (Wildman–Crippen MR) is 99.7 cm³/mol. The van der Waals surface area contributed by atoms with Crippen molar-refractivity contribution in [2.24, 2.45) is 0 Å². The van der Waals surface area contributed by atoms with Gasteiger partial charge in [-0.25, -0.2) is 8.78 Å². The minimum atomic E-state index is -2.65. The monoisotopic (exact) mass is 380 g/mol. The molecule has 0 aliphatic heterocycles. The minimum Gasteiger partial charge on any atom is -0.497 e. The molecular weight excluding hydrogens is 354 g/mol. The predicted octanol–water partition coefficient (Wildman–Crippen LogP) is 3.77. The summed E-state index contributed by atoms with van der Waals surface area (Å²) >= 11 is 0. The number of amides is 1. The SMILES string of the molecule is COc1ccc2c(c1)c(C(=O)N(CCO)CC(F)F)c(C)n2C1CCCC1. The van der Waals surface area contributed by atoms with E-state index in [-0.39, 0.29) is 13.2 Å². The average Bonchev–Trinajstić information content (AvgIpc) is 3.25. The minimum absolute atomic E-state index is 0.122. The van der Waals surface area contributed by atoms with E-state index in [9.17, 15) is 18.7 Å². The van der Waals surface area contributed by atoms with Crippen LogP contribution in [0.5, 0.6) is 5.75 Å². The third-order valence-electron chi connectivity index (χ3n) is 5.37. The van der Waals surface area contributed by atoms with E-state index in [2.05, 4.69) is 4.57 Å². The Morgan fingerprint density at radius 2 is 2.07 bits per heavy atom. The number of carbonyl (C=O) groups excluding carboxylic acids is 1. The molecule has 1 heterocycles. The summed E-state index contributed by atoms with van der Waals surface area (Å²) in [6, 6.07) is 5.88. The Hall–Kier alpha value is -2.15. The van der Waals surface area contributed by atoms with Crippen LogP contribution in [0.15, 0.2) is 18.2 Å². The van der Waals surface area contributed by atoms with Gasteiger partial charge >= 0.3 is 0 Å². The van der Waals surface area contributed by atoms with Crippen molar-refractivity contribution in [1.29, 1.82) is 0 Å².